The molecule has 0 saturated heterocycles. The summed E-state index contributed by atoms with van der Waals surface area (Å²) in [7, 11) is 4.92. The van der Waals surface area contributed by atoms with Gasteiger partial charge in [-0.25, -0.2) is 4.79 Å². The topological polar surface area (TPSA) is 71.8 Å². The average Bonchev–Trinajstić information content (AvgIpc) is 3.12. The zero-order chi connectivity index (χ0) is 25.4. The summed E-state index contributed by atoms with van der Waals surface area (Å²) < 4.78 is 48.4. The molecule has 0 bridgehead atoms. The van der Waals surface area contributed by atoms with E-state index in [0.29, 0.717) is 11.3 Å². The van der Waals surface area contributed by atoms with Gasteiger partial charge in [0.05, 0.1) is 12.2 Å². The van der Waals surface area contributed by atoms with Crippen LogP contribution in [0.3, 0.4) is 0 Å². The average molecular weight is 474 g/mol. The Morgan fingerprint density at radius 1 is 1.24 bits per heavy atom. The van der Waals surface area contributed by atoms with Crippen LogP contribution < -0.4 is 10.5 Å². The van der Waals surface area contributed by atoms with Gasteiger partial charge in [-0.15, -0.1) is 0 Å². The molecule has 34 heavy (non-hydrogen) atoms. The number of hydrogen-bond donors (Lipinski definition) is 1. The van der Waals surface area contributed by atoms with Crippen molar-refractivity contribution < 1.29 is 27.8 Å². The van der Waals surface area contributed by atoms with Crippen LogP contribution in [-0.4, -0.2) is 42.5 Å². The highest BCUT2D eigenvalue weighted by Gasteiger charge is 2.54. The summed E-state index contributed by atoms with van der Waals surface area (Å²) in [6.45, 7) is 3.37. The molecule has 1 aliphatic rings. The van der Waals surface area contributed by atoms with E-state index in [1.807, 2.05) is 5.92 Å². The second-order valence-corrected chi connectivity index (χ2v) is 8.26. The van der Waals surface area contributed by atoms with Gasteiger partial charge in [0, 0.05) is 61.7 Å². The number of aryl methyl sites for hydroxylation is 1. The monoisotopic (exact) mass is 474 g/mol. The van der Waals surface area contributed by atoms with Crippen molar-refractivity contribution in [1.82, 2.24) is 4.57 Å². The van der Waals surface area contributed by atoms with E-state index in [-0.39, 0.29) is 40.9 Å². The lowest BCUT2D eigenvalue weighted by atomic mass is 9.92. The normalized spacial score (nSPS) is 14.7. The molecule has 180 valence electrons. The van der Waals surface area contributed by atoms with Crippen molar-refractivity contribution in [3.05, 3.63) is 68.6 Å². The van der Waals surface area contributed by atoms with Crippen molar-refractivity contribution in [3.63, 3.8) is 0 Å². The largest absolute Gasteiger partial charge is 0.462 e. The molecular weight excluding hydrogens is 449 g/mol. The van der Waals surface area contributed by atoms with Crippen LogP contribution >= 0.6 is 0 Å². The van der Waals surface area contributed by atoms with E-state index in [0.717, 1.165) is 12.1 Å². The fourth-order valence-corrected chi connectivity index (χ4v) is 3.86. The zero-order valence-corrected chi connectivity index (χ0v) is 19.5. The van der Waals surface area contributed by atoms with Gasteiger partial charge in [-0.1, -0.05) is 23.6 Å². The fraction of sp³-hybridized carbons (Fsp3) is 0.360. The first-order valence-electron chi connectivity index (χ1n) is 10.5. The molecule has 1 N–H and O–H groups in total. The molecule has 1 atom stereocenters. The summed E-state index contributed by atoms with van der Waals surface area (Å²) in [6.07, 6.45) is -3.70. The maximum atomic E-state index is 14.0. The number of rotatable bonds is 4. The summed E-state index contributed by atoms with van der Waals surface area (Å²) in [6, 6.07) is 5.22. The second-order valence-electron chi connectivity index (χ2n) is 8.26. The number of carbonyl (C=O) groups is 1. The van der Waals surface area contributed by atoms with Gasteiger partial charge in [-0.3, -0.25) is 4.79 Å². The molecular formula is C25H25F3N2O4. The Hall–Kier alpha value is -3.51. The van der Waals surface area contributed by atoms with Crippen LogP contribution in [0.4, 0.5) is 18.9 Å². The Kier molecular flexibility index (Phi) is 6.67. The number of fused-ring (bicyclic) bond motifs is 1. The number of hydrogen-bond acceptors (Lipinski definition) is 5. The number of esters is 1. The van der Waals surface area contributed by atoms with Crippen LogP contribution in [0.25, 0.3) is 5.57 Å². The molecule has 1 aromatic carbocycles. The fourth-order valence-electron chi connectivity index (χ4n) is 3.86. The highest BCUT2D eigenvalue weighted by molar-refractivity contribution is 6.19. The second kappa shape index (κ2) is 9.03. The lowest BCUT2D eigenvalue weighted by molar-refractivity contribution is -0.240. The Morgan fingerprint density at radius 3 is 2.38 bits per heavy atom. The number of allylic oxidation sites excluding steroid dienone is 1. The molecule has 9 heteroatoms. The van der Waals surface area contributed by atoms with Crippen LogP contribution in [0.2, 0.25) is 0 Å². The third kappa shape index (κ3) is 4.33. The number of carbonyl (C=O) groups excluding carboxylic acids is 1. The molecule has 0 aliphatic heterocycles. The SMILES string of the molecule is CCOC(=O)C1=C(C)Cc2c1c(C#CC(O)(c1ccc(N(C)C)cc1)C(F)(F)F)cn(C)c2=O. The van der Waals surface area contributed by atoms with Crippen LogP contribution in [0.5, 0.6) is 0 Å². The van der Waals surface area contributed by atoms with Crippen LogP contribution in [0.15, 0.2) is 40.8 Å². The summed E-state index contributed by atoms with van der Waals surface area (Å²) in [5, 5.41) is 10.7. The van der Waals surface area contributed by atoms with Crippen molar-refractivity contribution >= 4 is 17.2 Å². The smallest absolute Gasteiger partial charge is 0.433 e. The van der Waals surface area contributed by atoms with Crippen molar-refractivity contribution in [1.29, 1.82) is 0 Å². The number of aromatic nitrogens is 1. The summed E-state index contributed by atoms with van der Waals surface area (Å²) in [5.74, 6) is 3.71. The molecule has 1 aromatic heterocycles. The van der Waals surface area contributed by atoms with E-state index < -0.39 is 23.3 Å². The Morgan fingerprint density at radius 2 is 1.85 bits per heavy atom. The molecule has 1 unspecified atom stereocenters. The molecule has 0 saturated carbocycles. The van der Waals surface area contributed by atoms with E-state index in [1.54, 1.807) is 32.8 Å². The predicted octanol–water partition coefficient (Wildman–Crippen LogP) is 3.15. The number of benzene rings is 1. The number of anilines is 1. The van der Waals surface area contributed by atoms with E-state index in [1.165, 1.54) is 29.9 Å². The van der Waals surface area contributed by atoms with Gasteiger partial charge in [-0.05, 0) is 31.9 Å². The lowest BCUT2D eigenvalue weighted by Crippen LogP contribution is -2.41. The minimum Gasteiger partial charge on any atom is -0.462 e. The molecule has 1 aliphatic carbocycles. The van der Waals surface area contributed by atoms with Crippen molar-refractivity contribution in [2.75, 3.05) is 25.6 Å². The molecule has 0 fully saturated rings. The number of nitrogens with zero attached hydrogens (tertiary/aromatic N) is 2. The van der Waals surface area contributed by atoms with E-state index in [4.69, 9.17) is 4.74 Å². The Bertz CT molecular complexity index is 1280. The molecule has 6 nitrogen and oxygen atoms in total. The maximum Gasteiger partial charge on any atom is 0.433 e. The molecule has 3 rings (SSSR count). The van der Waals surface area contributed by atoms with Gasteiger partial charge in [0.1, 0.15) is 0 Å². The first kappa shape index (κ1) is 25.1. The Labute approximate surface area is 195 Å². The standard InChI is InChI=1S/C25H25F3N2O4/c1-6-34-23(32)20-15(2)13-19-21(20)16(14-30(5)22(19)31)11-12-24(33,25(26,27)28)17-7-9-18(10-8-17)29(3)4/h7-10,14,33H,6,13H2,1-5H3. The number of ether oxygens (including phenoxy) is 1. The van der Waals surface area contributed by atoms with E-state index >= 15 is 0 Å². The molecule has 0 spiro atoms. The van der Waals surface area contributed by atoms with Gasteiger partial charge in [0.25, 0.3) is 5.56 Å². The van der Waals surface area contributed by atoms with Gasteiger partial charge in [0.15, 0.2) is 0 Å². The summed E-state index contributed by atoms with van der Waals surface area (Å²) in [4.78, 5) is 26.9. The highest BCUT2D eigenvalue weighted by atomic mass is 19.4. The minimum atomic E-state index is -5.11. The van der Waals surface area contributed by atoms with Crippen LogP contribution in [0.1, 0.15) is 36.1 Å². The van der Waals surface area contributed by atoms with Gasteiger partial charge >= 0.3 is 12.1 Å². The first-order valence-corrected chi connectivity index (χ1v) is 10.5. The highest BCUT2D eigenvalue weighted by Crippen LogP contribution is 2.40. The molecule has 2 aromatic rings. The molecule has 0 amide bonds. The van der Waals surface area contributed by atoms with Crippen LogP contribution in [-0.2, 0) is 28.6 Å². The quantitative estimate of drug-likeness (QED) is 0.545. The molecule has 1 heterocycles. The van der Waals surface area contributed by atoms with E-state index in [2.05, 4.69) is 5.92 Å². The van der Waals surface area contributed by atoms with Gasteiger partial charge < -0.3 is 19.3 Å². The number of pyridine rings is 1. The number of aliphatic hydroxyl groups is 1. The lowest BCUT2D eigenvalue weighted by Gasteiger charge is -2.26. The van der Waals surface area contributed by atoms with Gasteiger partial charge in [-0.2, -0.15) is 13.2 Å². The van der Waals surface area contributed by atoms with Crippen molar-refractivity contribution in [2.45, 2.75) is 32.0 Å². The first-order chi connectivity index (χ1) is 15.8. The third-order valence-corrected chi connectivity index (χ3v) is 5.66. The predicted molar refractivity (Wildman–Crippen MR) is 122 cm³/mol. The number of alkyl halides is 3. The van der Waals surface area contributed by atoms with Crippen LogP contribution in [0, 0.1) is 11.8 Å². The van der Waals surface area contributed by atoms with Crippen molar-refractivity contribution in [2.24, 2.45) is 7.05 Å². The summed E-state index contributed by atoms with van der Waals surface area (Å²) in [5.41, 5.74) is -2.56. The van der Waals surface area contributed by atoms with Crippen molar-refractivity contribution in [3.8, 4) is 11.8 Å². The number of halogens is 3. The molecule has 0 radical (unpaired) electrons. The summed E-state index contributed by atoms with van der Waals surface area (Å²) >= 11 is 0. The maximum absolute atomic E-state index is 14.0. The van der Waals surface area contributed by atoms with E-state index in [9.17, 15) is 27.9 Å². The zero-order valence-electron chi connectivity index (χ0n) is 19.5. The van der Waals surface area contributed by atoms with Gasteiger partial charge in [0.2, 0.25) is 5.60 Å². The Balaban J connectivity index is 2.21. The minimum absolute atomic E-state index is 0.0181. The third-order valence-electron chi connectivity index (χ3n) is 5.66.